The number of benzene rings is 2. The van der Waals surface area contributed by atoms with Gasteiger partial charge in [-0.2, -0.15) is 0 Å². The number of nitrogens with zero attached hydrogens (tertiary/aromatic N) is 1. The summed E-state index contributed by atoms with van der Waals surface area (Å²) in [6.45, 7) is 3.51. The van der Waals surface area contributed by atoms with Gasteiger partial charge in [0.15, 0.2) is 0 Å². The van der Waals surface area contributed by atoms with Gasteiger partial charge in [0, 0.05) is 16.5 Å². The summed E-state index contributed by atoms with van der Waals surface area (Å²) in [5.41, 5.74) is 2.34. The summed E-state index contributed by atoms with van der Waals surface area (Å²) >= 11 is 0. The standard InChI is InChI=1S/C18H14N2O2/c1-12(22)13-6-8-14(9-7-13)18-16-5-3-2-4-15(16)10-17(20-18)19-11-21/h2-11,22H,1H2,(H,19,20,21). The average Bonchev–Trinajstić information content (AvgIpc) is 2.54. The van der Waals surface area contributed by atoms with Crippen molar-refractivity contribution >= 4 is 28.8 Å². The maximum Gasteiger partial charge on any atom is 0.212 e. The highest BCUT2D eigenvalue weighted by Gasteiger charge is 2.08. The molecule has 2 N–H and O–H groups in total. The van der Waals surface area contributed by atoms with Gasteiger partial charge in [-0.1, -0.05) is 55.1 Å². The fraction of sp³-hybridized carbons (Fsp3) is 0. The number of fused-ring (bicyclic) bond motifs is 1. The molecule has 108 valence electrons. The second-order valence-corrected chi connectivity index (χ2v) is 4.86. The number of rotatable bonds is 4. The van der Waals surface area contributed by atoms with E-state index in [0.717, 1.165) is 22.0 Å². The van der Waals surface area contributed by atoms with Gasteiger partial charge >= 0.3 is 0 Å². The molecule has 1 heterocycles. The van der Waals surface area contributed by atoms with Gasteiger partial charge in [-0.3, -0.25) is 4.79 Å². The molecule has 0 aliphatic heterocycles. The molecule has 0 aliphatic rings. The van der Waals surface area contributed by atoms with Gasteiger partial charge in [0.25, 0.3) is 0 Å². The van der Waals surface area contributed by atoms with E-state index in [-0.39, 0.29) is 5.76 Å². The van der Waals surface area contributed by atoms with E-state index < -0.39 is 0 Å². The van der Waals surface area contributed by atoms with Crippen LogP contribution in [0.5, 0.6) is 0 Å². The van der Waals surface area contributed by atoms with E-state index in [1.54, 1.807) is 12.1 Å². The average molecular weight is 290 g/mol. The van der Waals surface area contributed by atoms with Crippen molar-refractivity contribution in [1.29, 1.82) is 0 Å². The lowest BCUT2D eigenvalue weighted by Crippen LogP contribution is -1.98. The number of aliphatic hydroxyl groups is 1. The van der Waals surface area contributed by atoms with Crippen LogP contribution in [0.4, 0.5) is 5.82 Å². The molecule has 4 nitrogen and oxygen atoms in total. The lowest BCUT2D eigenvalue weighted by atomic mass is 10.0. The van der Waals surface area contributed by atoms with Gasteiger partial charge in [0.05, 0.1) is 5.69 Å². The lowest BCUT2D eigenvalue weighted by Gasteiger charge is -2.09. The molecule has 4 heteroatoms. The zero-order valence-electron chi connectivity index (χ0n) is 11.8. The summed E-state index contributed by atoms with van der Waals surface area (Å²) in [4.78, 5) is 15.2. The summed E-state index contributed by atoms with van der Waals surface area (Å²) in [6, 6.07) is 17.0. The van der Waals surface area contributed by atoms with E-state index in [0.29, 0.717) is 17.8 Å². The van der Waals surface area contributed by atoms with E-state index >= 15 is 0 Å². The van der Waals surface area contributed by atoms with Crippen molar-refractivity contribution in [2.75, 3.05) is 5.32 Å². The van der Waals surface area contributed by atoms with E-state index in [1.807, 2.05) is 42.5 Å². The minimum Gasteiger partial charge on any atom is -0.508 e. The minimum atomic E-state index is 0.0285. The maximum atomic E-state index is 10.7. The fourth-order valence-corrected chi connectivity index (χ4v) is 2.37. The first-order valence-corrected chi connectivity index (χ1v) is 6.77. The van der Waals surface area contributed by atoms with Crippen molar-refractivity contribution in [2.24, 2.45) is 0 Å². The summed E-state index contributed by atoms with van der Waals surface area (Å²) in [5, 5.41) is 14.0. The highest BCUT2D eigenvalue weighted by atomic mass is 16.3. The van der Waals surface area contributed by atoms with Crippen LogP contribution in [-0.2, 0) is 4.79 Å². The Morgan fingerprint density at radius 3 is 2.55 bits per heavy atom. The van der Waals surface area contributed by atoms with Crippen molar-refractivity contribution in [2.45, 2.75) is 0 Å². The molecule has 1 amide bonds. The quantitative estimate of drug-likeness (QED) is 0.564. The number of hydrogen-bond donors (Lipinski definition) is 2. The Bertz CT molecular complexity index is 855. The van der Waals surface area contributed by atoms with Gasteiger partial charge in [-0.05, 0) is 11.5 Å². The Morgan fingerprint density at radius 1 is 1.14 bits per heavy atom. The van der Waals surface area contributed by atoms with Crippen molar-refractivity contribution < 1.29 is 9.90 Å². The number of aliphatic hydroxyl groups excluding tert-OH is 1. The van der Waals surface area contributed by atoms with Crippen LogP contribution in [0.15, 0.2) is 61.2 Å². The van der Waals surface area contributed by atoms with E-state index in [9.17, 15) is 9.90 Å². The number of amides is 1. The smallest absolute Gasteiger partial charge is 0.212 e. The molecule has 0 radical (unpaired) electrons. The Hall–Kier alpha value is -3.14. The minimum absolute atomic E-state index is 0.0285. The van der Waals surface area contributed by atoms with Crippen LogP contribution in [0.1, 0.15) is 5.56 Å². The van der Waals surface area contributed by atoms with Crippen molar-refractivity contribution in [1.82, 2.24) is 4.98 Å². The van der Waals surface area contributed by atoms with Gasteiger partial charge < -0.3 is 10.4 Å². The molecule has 2 aromatic carbocycles. The topological polar surface area (TPSA) is 62.2 Å². The Kier molecular flexibility index (Phi) is 3.58. The molecule has 3 rings (SSSR count). The zero-order chi connectivity index (χ0) is 15.5. The fourth-order valence-electron chi connectivity index (χ4n) is 2.37. The maximum absolute atomic E-state index is 10.7. The molecule has 22 heavy (non-hydrogen) atoms. The van der Waals surface area contributed by atoms with Crippen LogP contribution >= 0.6 is 0 Å². The SMILES string of the molecule is C=C(O)c1ccc(-c2nc(NC=O)cc3ccccc23)cc1. The Labute approximate surface area is 127 Å². The first kappa shape index (κ1) is 13.8. The molecule has 0 unspecified atom stereocenters. The molecule has 0 bridgehead atoms. The van der Waals surface area contributed by atoms with Crippen molar-refractivity contribution in [3.63, 3.8) is 0 Å². The van der Waals surface area contributed by atoms with Gasteiger partial charge in [0.2, 0.25) is 6.41 Å². The number of aromatic nitrogens is 1. The molecule has 0 atom stereocenters. The summed E-state index contributed by atoms with van der Waals surface area (Å²) in [7, 11) is 0. The first-order chi connectivity index (χ1) is 10.7. The second kappa shape index (κ2) is 5.69. The molecule has 0 aliphatic carbocycles. The molecule has 0 saturated heterocycles. The highest BCUT2D eigenvalue weighted by Crippen LogP contribution is 2.29. The number of carbonyl (C=O) groups is 1. The summed E-state index contributed by atoms with van der Waals surface area (Å²) < 4.78 is 0. The number of anilines is 1. The number of pyridine rings is 1. The zero-order valence-corrected chi connectivity index (χ0v) is 11.8. The van der Waals surface area contributed by atoms with E-state index in [2.05, 4.69) is 16.9 Å². The third kappa shape index (κ3) is 2.54. The second-order valence-electron chi connectivity index (χ2n) is 4.86. The molecule has 0 fully saturated rings. The normalized spacial score (nSPS) is 10.4. The van der Waals surface area contributed by atoms with Crippen LogP contribution in [0.25, 0.3) is 27.8 Å². The molecular weight excluding hydrogens is 276 g/mol. The number of nitrogens with one attached hydrogen (secondary N) is 1. The Morgan fingerprint density at radius 2 is 1.86 bits per heavy atom. The third-order valence-electron chi connectivity index (χ3n) is 3.44. The van der Waals surface area contributed by atoms with Crippen LogP contribution in [0, 0.1) is 0 Å². The van der Waals surface area contributed by atoms with Crippen LogP contribution < -0.4 is 5.32 Å². The molecular formula is C18H14N2O2. The van der Waals surface area contributed by atoms with Crippen LogP contribution in [0.2, 0.25) is 0 Å². The molecule has 1 aromatic heterocycles. The lowest BCUT2D eigenvalue weighted by molar-refractivity contribution is -0.105. The summed E-state index contributed by atoms with van der Waals surface area (Å²) in [5.74, 6) is 0.528. The largest absolute Gasteiger partial charge is 0.508 e. The summed E-state index contributed by atoms with van der Waals surface area (Å²) in [6.07, 6.45) is 0.611. The van der Waals surface area contributed by atoms with E-state index in [4.69, 9.17) is 0 Å². The number of carbonyl (C=O) groups excluding carboxylic acids is 1. The molecule has 3 aromatic rings. The third-order valence-corrected chi connectivity index (χ3v) is 3.44. The van der Waals surface area contributed by atoms with Crippen LogP contribution in [0.3, 0.4) is 0 Å². The predicted molar refractivity (Wildman–Crippen MR) is 88.5 cm³/mol. The van der Waals surface area contributed by atoms with Gasteiger partial charge in [-0.15, -0.1) is 0 Å². The van der Waals surface area contributed by atoms with Gasteiger partial charge in [0.1, 0.15) is 11.6 Å². The highest BCUT2D eigenvalue weighted by molar-refractivity contribution is 5.97. The van der Waals surface area contributed by atoms with Gasteiger partial charge in [-0.25, -0.2) is 4.98 Å². The first-order valence-electron chi connectivity index (χ1n) is 6.77. The van der Waals surface area contributed by atoms with Crippen LogP contribution in [-0.4, -0.2) is 16.5 Å². The van der Waals surface area contributed by atoms with Crippen molar-refractivity contribution in [3.8, 4) is 11.3 Å². The monoisotopic (exact) mass is 290 g/mol. The molecule has 0 spiro atoms. The predicted octanol–water partition coefficient (Wildman–Crippen LogP) is 4.00. The van der Waals surface area contributed by atoms with Crippen molar-refractivity contribution in [3.05, 3.63) is 66.7 Å². The number of hydrogen-bond acceptors (Lipinski definition) is 3. The van der Waals surface area contributed by atoms with E-state index in [1.165, 1.54) is 0 Å². The molecule has 0 saturated carbocycles. The Balaban J connectivity index is 2.19.